The third kappa shape index (κ3) is 4.64. The molecule has 1 saturated heterocycles. The van der Waals surface area contributed by atoms with Gasteiger partial charge in [0.05, 0.1) is 24.1 Å². The number of carbonyl (C=O) groups is 3. The van der Waals surface area contributed by atoms with E-state index in [0.717, 1.165) is 10.5 Å². The fourth-order valence-corrected chi connectivity index (χ4v) is 3.52. The Bertz CT molecular complexity index is 1150. The van der Waals surface area contributed by atoms with Gasteiger partial charge in [-0.05, 0) is 39.7 Å². The fraction of sp³-hybridized carbons (Fsp3) is 0.143. The van der Waals surface area contributed by atoms with E-state index in [0.29, 0.717) is 21.4 Å². The van der Waals surface area contributed by atoms with Crippen LogP contribution < -0.4 is 10.6 Å². The average molecular weight is 486 g/mol. The number of nitrogens with zero attached hydrogens (tertiary/aromatic N) is 3. The van der Waals surface area contributed by atoms with Gasteiger partial charge >= 0.3 is 6.03 Å². The SMILES string of the molecule is O=C(Nc1nn(Cc2ccccc2F)cc1Br)c1ccc(CN2C(=O)CNC2=O)cc1. The molecule has 2 N–H and O–H groups in total. The smallest absolute Gasteiger partial charge is 0.324 e. The number of urea groups is 1. The Hall–Kier alpha value is -3.53. The van der Waals surface area contributed by atoms with Crippen molar-refractivity contribution in [2.45, 2.75) is 13.1 Å². The molecule has 4 amide bonds. The first-order valence-electron chi connectivity index (χ1n) is 9.35. The van der Waals surface area contributed by atoms with Crippen molar-refractivity contribution in [3.8, 4) is 0 Å². The van der Waals surface area contributed by atoms with Crippen molar-refractivity contribution in [3.63, 3.8) is 0 Å². The number of imide groups is 1. The molecule has 0 aliphatic carbocycles. The molecule has 1 fully saturated rings. The summed E-state index contributed by atoms with van der Waals surface area (Å²) in [5.41, 5.74) is 1.59. The predicted octanol–water partition coefficient (Wildman–Crippen LogP) is 3.14. The van der Waals surface area contributed by atoms with Crippen LogP contribution in [0.2, 0.25) is 0 Å². The minimum absolute atomic E-state index is 0.00222. The molecular formula is C21H17BrFN5O3. The molecule has 1 aliphatic rings. The monoisotopic (exact) mass is 485 g/mol. The number of anilines is 1. The minimum Gasteiger partial charge on any atom is -0.329 e. The summed E-state index contributed by atoms with van der Waals surface area (Å²) in [5.74, 6) is -0.682. The average Bonchev–Trinajstić information content (AvgIpc) is 3.26. The maximum Gasteiger partial charge on any atom is 0.324 e. The molecule has 10 heteroatoms. The highest BCUT2D eigenvalue weighted by atomic mass is 79.9. The topological polar surface area (TPSA) is 96.3 Å². The van der Waals surface area contributed by atoms with E-state index in [1.807, 2.05) is 0 Å². The number of rotatable bonds is 6. The van der Waals surface area contributed by atoms with E-state index in [4.69, 9.17) is 0 Å². The Morgan fingerprint density at radius 2 is 1.87 bits per heavy atom. The summed E-state index contributed by atoms with van der Waals surface area (Å²) in [4.78, 5) is 37.0. The molecule has 0 unspecified atom stereocenters. The van der Waals surface area contributed by atoms with Gasteiger partial charge < -0.3 is 10.6 Å². The van der Waals surface area contributed by atoms with Crippen LogP contribution in [-0.2, 0) is 17.9 Å². The van der Waals surface area contributed by atoms with Gasteiger partial charge in [0.15, 0.2) is 5.82 Å². The summed E-state index contributed by atoms with van der Waals surface area (Å²) < 4.78 is 15.9. The van der Waals surface area contributed by atoms with E-state index >= 15 is 0 Å². The molecule has 4 rings (SSSR count). The van der Waals surface area contributed by atoms with Gasteiger partial charge in [-0.1, -0.05) is 30.3 Å². The molecule has 0 atom stereocenters. The zero-order valence-electron chi connectivity index (χ0n) is 16.1. The van der Waals surface area contributed by atoms with E-state index in [1.54, 1.807) is 48.7 Å². The lowest BCUT2D eigenvalue weighted by atomic mass is 10.1. The summed E-state index contributed by atoms with van der Waals surface area (Å²) in [6, 6.07) is 12.6. The minimum atomic E-state index is -0.428. The van der Waals surface area contributed by atoms with Gasteiger partial charge in [-0.15, -0.1) is 0 Å². The van der Waals surface area contributed by atoms with Crippen LogP contribution in [0.4, 0.5) is 15.0 Å². The van der Waals surface area contributed by atoms with Crippen LogP contribution in [-0.4, -0.2) is 39.1 Å². The number of aromatic nitrogens is 2. The van der Waals surface area contributed by atoms with Crippen molar-refractivity contribution in [2.75, 3.05) is 11.9 Å². The van der Waals surface area contributed by atoms with Crippen molar-refractivity contribution in [2.24, 2.45) is 0 Å². The summed E-state index contributed by atoms with van der Waals surface area (Å²) in [5, 5.41) is 9.47. The molecular weight excluding hydrogens is 469 g/mol. The Labute approximate surface area is 185 Å². The number of hydrogen-bond donors (Lipinski definition) is 2. The molecule has 0 saturated carbocycles. The number of amides is 4. The normalized spacial score (nSPS) is 13.4. The molecule has 0 spiro atoms. The third-order valence-electron chi connectivity index (χ3n) is 4.73. The first-order valence-corrected chi connectivity index (χ1v) is 10.1. The molecule has 3 aromatic rings. The Balaban J connectivity index is 1.41. The molecule has 0 radical (unpaired) electrons. The standard InChI is InChI=1S/C21H17BrFN5O3/c22-16-12-27(11-15-3-1-2-4-17(15)23)26-19(16)25-20(30)14-7-5-13(6-8-14)10-28-18(29)9-24-21(28)31/h1-8,12H,9-11H2,(H,24,31)(H,25,26,30). The molecule has 2 aromatic carbocycles. The Morgan fingerprint density at radius 1 is 1.13 bits per heavy atom. The summed E-state index contributed by atoms with van der Waals surface area (Å²) >= 11 is 3.35. The van der Waals surface area contributed by atoms with E-state index in [-0.39, 0.29) is 37.3 Å². The van der Waals surface area contributed by atoms with E-state index in [1.165, 1.54) is 10.7 Å². The van der Waals surface area contributed by atoms with Crippen LogP contribution in [0.15, 0.2) is 59.2 Å². The van der Waals surface area contributed by atoms with Crippen molar-refractivity contribution in [3.05, 3.63) is 81.7 Å². The highest BCUT2D eigenvalue weighted by Crippen LogP contribution is 2.22. The Kier molecular flexibility index (Phi) is 5.81. The number of halogens is 2. The zero-order chi connectivity index (χ0) is 22.0. The van der Waals surface area contributed by atoms with Gasteiger partial charge in [0.2, 0.25) is 5.91 Å². The number of carbonyl (C=O) groups excluding carboxylic acids is 3. The van der Waals surface area contributed by atoms with Crippen molar-refractivity contribution in [1.29, 1.82) is 0 Å². The van der Waals surface area contributed by atoms with Crippen LogP contribution in [0.5, 0.6) is 0 Å². The van der Waals surface area contributed by atoms with Crippen LogP contribution in [0.1, 0.15) is 21.5 Å². The molecule has 1 aliphatic heterocycles. The second-order valence-corrected chi connectivity index (χ2v) is 7.76. The summed E-state index contributed by atoms with van der Waals surface area (Å²) in [6.07, 6.45) is 1.66. The molecule has 31 heavy (non-hydrogen) atoms. The maximum absolute atomic E-state index is 13.9. The summed E-state index contributed by atoms with van der Waals surface area (Å²) in [6.45, 7) is 0.356. The zero-order valence-corrected chi connectivity index (χ0v) is 17.7. The van der Waals surface area contributed by atoms with Crippen LogP contribution in [0.25, 0.3) is 0 Å². The lowest BCUT2D eigenvalue weighted by Gasteiger charge is -2.12. The fourth-order valence-electron chi connectivity index (χ4n) is 3.10. The van der Waals surface area contributed by atoms with Crippen LogP contribution >= 0.6 is 15.9 Å². The Morgan fingerprint density at radius 3 is 2.55 bits per heavy atom. The molecule has 2 heterocycles. The van der Waals surface area contributed by atoms with Crippen molar-refractivity contribution >= 4 is 39.6 Å². The maximum atomic E-state index is 13.9. The van der Waals surface area contributed by atoms with Gasteiger partial charge in [0, 0.05) is 17.3 Å². The summed E-state index contributed by atoms with van der Waals surface area (Å²) in [7, 11) is 0. The lowest BCUT2D eigenvalue weighted by molar-refractivity contribution is -0.125. The van der Waals surface area contributed by atoms with Crippen LogP contribution in [0.3, 0.4) is 0 Å². The highest BCUT2D eigenvalue weighted by Gasteiger charge is 2.28. The first kappa shape index (κ1) is 20.7. The quantitative estimate of drug-likeness (QED) is 0.524. The number of nitrogens with one attached hydrogen (secondary N) is 2. The number of benzene rings is 2. The molecule has 0 bridgehead atoms. The highest BCUT2D eigenvalue weighted by molar-refractivity contribution is 9.10. The molecule has 158 valence electrons. The van der Waals surface area contributed by atoms with Crippen LogP contribution in [0, 0.1) is 5.82 Å². The van der Waals surface area contributed by atoms with Gasteiger partial charge in [0.25, 0.3) is 5.91 Å². The van der Waals surface area contributed by atoms with E-state index in [9.17, 15) is 18.8 Å². The van der Waals surface area contributed by atoms with Gasteiger partial charge in [-0.2, -0.15) is 5.10 Å². The number of hydrogen-bond acceptors (Lipinski definition) is 4. The third-order valence-corrected chi connectivity index (χ3v) is 5.31. The second kappa shape index (κ2) is 8.68. The predicted molar refractivity (Wildman–Crippen MR) is 114 cm³/mol. The first-order chi connectivity index (χ1) is 14.9. The molecule has 8 nitrogen and oxygen atoms in total. The van der Waals surface area contributed by atoms with Gasteiger partial charge in [0.1, 0.15) is 5.82 Å². The lowest BCUT2D eigenvalue weighted by Crippen LogP contribution is -2.30. The van der Waals surface area contributed by atoms with Gasteiger partial charge in [-0.25, -0.2) is 9.18 Å². The van der Waals surface area contributed by atoms with Gasteiger partial charge in [-0.3, -0.25) is 19.2 Å². The second-order valence-electron chi connectivity index (χ2n) is 6.90. The van der Waals surface area contributed by atoms with E-state index in [2.05, 4.69) is 31.7 Å². The molecule has 1 aromatic heterocycles. The van der Waals surface area contributed by atoms with Crippen molar-refractivity contribution in [1.82, 2.24) is 20.0 Å². The van der Waals surface area contributed by atoms with Crippen molar-refractivity contribution < 1.29 is 18.8 Å². The van der Waals surface area contributed by atoms with E-state index < -0.39 is 6.03 Å². The largest absolute Gasteiger partial charge is 0.329 e.